The summed E-state index contributed by atoms with van der Waals surface area (Å²) in [4.78, 5) is 20.7. The van der Waals surface area contributed by atoms with Gasteiger partial charge in [0.25, 0.3) is 5.69 Å². The molecule has 0 radical (unpaired) electrons. The van der Waals surface area contributed by atoms with Crippen molar-refractivity contribution < 1.29 is 29.1 Å². The Bertz CT molecular complexity index is 536. The van der Waals surface area contributed by atoms with E-state index in [-0.39, 0.29) is 5.56 Å². The van der Waals surface area contributed by atoms with Crippen LogP contribution >= 0.6 is 0 Å². The predicted molar refractivity (Wildman–Crippen MR) is 65.1 cm³/mol. The van der Waals surface area contributed by atoms with E-state index >= 15 is 0 Å². The molecule has 0 fully saturated rings. The van der Waals surface area contributed by atoms with Crippen molar-refractivity contribution in [1.82, 2.24) is 0 Å². The number of esters is 1. The van der Waals surface area contributed by atoms with Crippen LogP contribution in [0.2, 0.25) is 0 Å². The van der Waals surface area contributed by atoms with E-state index in [0.29, 0.717) is 6.07 Å². The van der Waals surface area contributed by atoms with Crippen molar-refractivity contribution in [3.8, 4) is 0 Å². The van der Waals surface area contributed by atoms with Crippen molar-refractivity contribution in [2.75, 3.05) is 12.8 Å². The topological polar surface area (TPSA) is 136 Å². The van der Waals surface area contributed by atoms with Gasteiger partial charge in [0.1, 0.15) is 6.10 Å². The van der Waals surface area contributed by atoms with Crippen molar-refractivity contribution in [1.29, 1.82) is 0 Å². The van der Waals surface area contributed by atoms with Crippen molar-refractivity contribution in [2.24, 2.45) is 0 Å². The van der Waals surface area contributed by atoms with Crippen molar-refractivity contribution in [3.63, 3.8) is 0 Å². The largest absolute Gasteiger partial charge is 0.469 e. The number of ether oxygens (including phenoxy) is 1. The van der Waals surface area contributed by atoms with Gasteiger partial charge in [-0.25, -0.2) is 4.39 Å². The number of carbonyl (C=O) groups is 1. The second-order valence-electron chi connectivity index (χ2n) is 3.98. The highest BCUT2D eigenvalue weighted by atomic mass is 19.1. The lowest BCUT2D eigenvalue weighted by molar-refractivity contribution is -0.385. The lowest BCUT2D eigenvalue weighted by Gasteiger charge is -2.18. The molecule has 2 unspecified atom stereocenters. The normalized spacial score (nSPS) is 13.6. The molecule has 0 saturated heterocycles. The van der Waals surface area contributed by atoms with Gasteiger partial charge in [0, 0.05) is 11.6 Å². The average Bonchev–Trinajstić information content (AvgIpc) is 2.40. The van der Waals surface area contributed by atoms with Crippen LogP contribution in [0, 0.1) is 15.9 Å². The third kappa shape index (κ3) is 3.39. The maximum absolute atomic E-state index is 13.4. The lowest BCUT2D eigenvalue weighted by atomic mass is 9.99. The van der Waals surface area contributed by atoms with Crippen molar-refractivity contribution >= 4 is 17.3 Å². The molecule has 8 nitrogen and oxygen atoms in total. The fourth-order valence-electron chi connectivity index (χ4n) is 1.55. The maximum atomic E-state index is 13.4. The van der Waals surface area contributed by atoms with E-state index in [9.17, 15) is 29.5 Å². The Kier molecular flexibility index (Phi) is 4.94. The number of non-ortho nitro benzene ring substituents is 1. The second kappa shape index (κ2) is 6.26. The van der Waals surface area contributed by atoms with Crippen LogP contribution in [0.4, 0.5) is 15.8 Å². The Morgan fingerprint density at radius 2 is 2.15 bits per heavy atom. The molecule has 0 bridgehead atoms. The Morgan fingerprint density at radius 3 is 2.65 bits per heavy atom. The number of aliphatic hydroxyl groups excluding tert-OH is 2. The maximum Gasteiger partial charge on any atom is 0.308 e. The van der Waals surface area contributed by atoms with Crippen LogP contribution in [-0.2, 0) is 9.53 Å². The predicted octanol–water partition coefficient (Wildman–Crippen LogP) is 0.274. The van der Waals surface area contributed by atoms with Gasteiger partial charge < -0.3 is 20.7 Å². The number of nitrogen functional groups attached to an aromatic ring is 1. The fraction of sp³-hybridized carbons (Fsp3) is 0.364. The van der Waals surface area contributed by atoms with Gasteiger partial charge in [-0.1, -0.05) is 0 Å². The minimum atomic E-state index is -1.76. The minimum absolute atomic E-state index is 0.367. The molecule has 4 N–H and O–H groups in total. The number of rotatable bonds is 5. The molecule has 0 aliphatic heterocycles. The minimum Gasteiger partial charge on any atom is -0.469 e. The quantitative estimate of drug-likeness (QED) is 0.306. The Morgan fingerprint density at radius 1 is 1.55 bits per heavy atom. The molecule has 0 amide bonds. The number of nitrogens with two attached hydrogens (primary N) is 1. The molecule has 1 aromatic rings. The van der Waals surface area contributed by atoms with E-state index in [1.165, 1.54) is 0 Å². The van der Waals surface area contributed by atoms with Crippen LogP contribution in [0.3, 0.4) is 0 Å². The van der Waals surface area contributed by atoms with E-state index < -0.39 is 46.7 Å². The number of nitrogens with zero attached hydrogens (tertiary/aromatic N) is 1. The highest BCUT2D eigenvalue weighted by Crippen LogP contribution is 2.30. The standard InChI is InChI=1S/C11H13FN2O6/c1-20-9(16)4-8(15)11(17)6-2-5(14(18)19)3-7(12)10(6)13/h2-3,8,11,15,17H,4,13H2,1H3. The third-order valence-corrected chi connectivity index (χ3v) is 2.64. The van der Waals surface area contributed by atoms with Crippen molar-refractivity contribution in [3.05, 3.63) is 33.6 Å². The molecule has 0 spiro atoms. The van der Waals surface area contributed by atoms with Gasteiger partial charge in [-0.2, -0.15) is 0 Å². The molecule has 0 saturated carbocycles. The number of nitro benzene ring substituents is 1. The first-order chi connectivity index (χ1) is 9.27. The zero-order valence-corrected chi connectivity index (χ0v) is 10.4. The molecule has 1 rings (SSSR count). The summed E-state index contributed by atoms with van der Waals surface area (Å²) in [5.41, 5.74) is 3.84. The highest BCUT2D eigenvalue weighted by Gasteiger charge is 2.27. The average molecular weight is 288 g/mol. The highest BCUT2D eigenvalue weighted by molar-refractivity contribution is 5.70. The summed E-state index contributed by atoms with van der Waals surface area (Å²) in [7, 11) is 1.09. The molecule has 0 heterocycles. The zero-order valence-electron chi connectivity index (χ0n) is 10.4. The Balaban J connectivity index is 3.11. The molecule has 9 heteroatoms. The van der Waals surface area contributed by atoms with Gasteiger partial charge in [-0.15, -0.1) is 0 Å². The molecule has 2 atom stereocenters. The van der Waals surface area contributed by atoms with E-state index in [0.717, 1.165) is 13.2 Å². The lowest BCUT2D eigenvalue weighted by Crippen LogP contribution is -2.23. The number of methoxy groups -OCH3 is 1. The number of aliphatic hydroxyl groups is 2. The van der Waals surface area contributed by atoms with E-state index in [4.69, 9.17) is 5.73 Å². The molecule has 20 heavy (non-hydrogen) atoms. The summed E-state index contributed by atoms with van der Waals surface area (Å²) in [6.45, 7) is 0. The van der Waals surface area contributed by atoms with E-state index in [1.807, 2.05) is 0 Å². The first-order valence-electron chi connectivity index (χ1n) is 5.44. The van der Waals surface area contributed by atoms with Gasteiger partial charge >= 0.3 is 5.97 Å². The van der Waals surface area contributed by atoms with Gasteiger partial charge in [-0.3, -0.25) is 14.9 Å². The number of benzene rings is 1. The van der Waals surface area contributed by atoms with Gasteiger partial charge in [0.2, 0.25) is 0 Å². The van der Waals surface area contributed by atoms with E-state index in [2.05, 4.69) is 4.74 Å². The van der Waals surface area contributed by atoms with Gasteiger partial charge in [-0.05, 0) is 0 Å². The number of hydrogen-bond donors (Lipinski definition) is 3. The molecular weight excluding hydrogens is 275 g/mol. The number of hydrogen-bond acceptors (Lipinski definition) is 7. The van der Waals surface area contributed by atoms with Crippen LogP contribution in [0.1, 0.15) is 18.1 Å². The van der Waals surface area contributed by atoms with Crippen LogP contribution in [0.25, 0.3) is 0 Å². The SMILES string of the molecule is COC(=O)CC(O)C(O)c1cc([N+](=O)[O-])cc(F)c1N. The Hall–Kier alpha value is -2.26. The van der Waals surface area contributed by atoms with Gasteiger partial charge in [0.05, 0.1) is 36.3 Å². The van der Waals surface area contributed by atoms with Crippen LogP contribution < -0.4 is 5.73 Å². The number of halogens is 1. The molecule has 0 aliphatic rings. The first kappa shape index (κ1) is 15.8. The summed E-state index contributed by atoms with van der Waals surface area (Å²) in [5, 5.41) is 30.0. The first-order valence-corrected chi connectivity index (χ1v) is 5.44. The smallest absolute Gasteiger partial charge is 0.308 e. The summed E-state index contributed by atoms with van der Waals surface area (Å²) >= 11 is 0. The summed E-state index contributed by atoms with van der Waals surface area (Å²) in [5.74, 6) is -1.90. The Labute approximate surface area is 112 Å². The molecule has 110 valence electrons. The number of carbonyl (C=O) groups excluding carboxylic acids is 1. The molecule has 0 aromatic heterocycles. The third-order valence-electron chi connectivity index (χ3n) is 2.64. The van der Waals surface area contributed by atoms with E-state index in [1.54, 1.807) is 0 Å². The van der Waals surface area contributed by atoms with Crippen LogP contribution in [0.15, 0.2) is 12.1 Å². The van der Waals surface area contributed by atoms with Gasteiger partial charge in [0.15, 0.2) is 5.82 Å². The number of anilines is 1. The molecular formula is C11H13FN2O6. The monoisotopic (exact) mass is 288 g/mol. The summed E-state index contributed by atoms with van der Waals surface area (Å²) < 4.78 is 17.7. The molecule has 0 aliphatic carbocycles. The summed E-state index contributed by atoms with van der Waals surface area (Å²) in [6.07, 6.45) is -3.96. The number of nitro groups is 1. The fourth-order valence-corrected chi connectivity index (χ4v) is 1.55. The second-order valence-corrected chi connectivity index (χ2v) is 3.98. The van der Waals surface area contributed by atoms with Crippen molar-refractivity contribution in [2.45, 2.75) is 18.6 Å². The zero-order chi connectivity index (χ0) is 15.4. The van der Waals surface area contributed by atoms with Crippen LogP contribution in [-0.4, -0.2) is 34.3 Å². The van der Waals surface area contributed by atoms with Crippen LogP contribution in [0.5, 0.6) is 0 Å². The summed E-state index contributed by atoms with van der Waals surface area (Å²) in [6, 6.07) is 1.43. The molecule has 1 aromatic carbocycles.